The largest absolute Gasteiger partial charge is 0.480 e. The molecule has 0 aromatic heterocycles. The highest BCUT2D eigenvalue weighted by Gasteiger charge is 2.28. The van der Waals surface area contributed by atoms with E-state index in [4.69, 9.17) is 24.8 Å². The number of allylic oxidation sites excluding steroid dienone is 8. The second-order valence-corrected chi connectivity index (χ2v) is 18.0. The van der Waals surface area contributed by atoms with Gasteiger partial charge in [0.15, 0.2) is 6.10 Å². The number of carbonyl (C=O) groups is 3. The van der Waals surface area contributed by atoms with Crippen molar-refractivity contribution in [1.82, 2.24) is 0 Å². The van der Waals surface area contributed by atoms with Gasteiger partial charge >= 0.3 is 25.7 Å². The third-order valence-corrected chi connectivity index (χ3v) is 11.5. The van der Waals surface area contributed by atoms with E-state index in [1.807, 2.05) is 0 Å². The van der Waals surface area contributed by atoms with Gasteiger partial charge < -0.3 is 25.2 Å². The van der Waals surface area contributed by atoms with Crippen LogP contribution in [0.2, 0.25) is 0 Å². The lowest BCUT2D eigenvalue weighted by molar-refractivity contribution is -0.161. The molecule has 3 atom stereocenters. The van der Waals surface area contributed by atoms with Crippen LogP contribution in [0, 0.1) is 0 Å². The normalized spacial score (nSPS) is 14.0. The molecule has 3 unspecified atom stereocenters. The lowest BCUT2D eigenvalue weighted by atomic mass is 10.0. The molecule has 0 spiro atoms. The Kier molecular flexibility index (Phi) is 43.2. The van der Waals surface area contributed by atoms with Gasteiger partial charge in [-0.3, -0.25) is 23.4 Å². The number of ether oxygens (including phenoxy) is 2. The van der Waals surface area contributed by atoms with Crippen molar-refractivity contribution in [2.24, 2.45) is 5.73 Å². The zero-order chi connectivity index (χ0) is 45.6. The maximum atomic E-state index is 12.7. The predicted molar refractivity (Wildman–Crippen MR) is 254 cm³/mol. The van der Waals surface area contributed by atoms with Crippen LogP contribution in [0.1, 0.15) is 219 Å². The van der Waals surface area contributed by atoms with Gasteiger partial charge in [-0.05, 0) is 51.4 Å². The minimum atomic E-state index is -4.72. The monoisotopic (exact) mass is 896 g/mol. The van der Waals surface area contributed by atoms with Gasteiger partial charge in [0.2, 0.25) is 0 Å². The van der Waals surface area contributed by atoms with Gasteiger partial charge in [-0.1, -0.05) is 204 Å². The molecule has 0 amide bonds. The Bertz CT molecular complexity index is 1240. The van der Waals surface area contributed by atoms with Crippen molar-refractivity contribution in [2.45, 2.75) is 231 Å². The quantitative estimate of drug-likeness (QED) is 0.0230. The molecule has 360 valence electrons. The van der Waals surface area contributed by atoms with Crippen molar-refractivity contribution < 1.29 is 47.5 Å². The average molecular weight is 896 g/mol. The summed E-state index contributed by atoms with van der Waals surface area (Å²) < 4.78 is 32.8. The van der Waals surface area contributed by atoms with Crippen molar-refractivity contribution >= 4 is 25.7 Å². The van der Waals surface area contributed by atoms with Gasteiger partial charge in [-0.15, -0.1) is 0 Å². The maximum absolute atomic E-state index is 12.7. The van der Waals surface area contributed by atoms with Crippen LogP contribution in [0.25, 0.3) is 0 Å². The second kappa shape index (κ2) is 45.0. The fraction of sp³-hybridized carbons (Fsp3) is 0.780. The summed E-state index contributed by atoms with van der Waals surface area (Å²) in [6.07, 6.45) is 51.7. The molecule has 0 radical (unpaired) electrons. The van der Waals surface area contributed by atoms with Crippen molar-refractivity contribution in [3.63, 3.8) is 0 Å². The molecule has 0 heterocycles. The third kappa shape index (κ3) is 44.1. The minimum Gasteiger partial charge on any atom is -0.480 e. The van der Waals surface area contributed by atoms with E-state index in [-0.39, 0.29) is 19.4 Å². The number of phosphoric ester groups is 1. The van der Waals surface area contributed by atoms with Gasteiger partial charge in [0, 0.05) is 12.8 Å². The fourth-order valence-electron chi connectivity index (χ4n) is 6.76. The van der Waals surface area contributed by atoms with E-state index >= 15 is 0 Å². The molecule has 4 N–H and O–H groups in total. The summed E-state index contributed by atoms with van der Waals surface area (Å²) in [5.41, 5.74) is 5.35. The number of hydrogen-bond acceptors (Lipinski definition) is 9. The molecule has 0 saturated heterocycles. The maximum Gasteiger partial charge on any atom is 0.472 e. The Hall–Kier alpha value is -2.56. The number of nitrogens with two attached hydrogens (primary N) is 1. The molecule has 0 aliphatic heterocycles. The van der Waals surface area contributed by atoms with E-state index in [9.17, 15) is 23.8 Å². The topological polar surface area (TPSA) is 172 Å². The number of unbranched alkanes of at least 4 members (excludes halogenated alkanes) is 24. The zero-order valence-electron chi connectivity index (χ0n) is 39.2. The van der Waals surface area contributed by atoms with Crippen LogP contribution in [0.5, 0.6) is 0 Å². The van der Waals surface area contributed by atoms with Gasteiger partial charge in [0.1, 0.15) is 12.6 Å². The van der Waals surface area contributed by atoms with E-state index in [2.05, 4.69) is 67.0 Å². The van der Waals surface area contributed by atoms with Gasteiger partial charge in [0.25, 0.3) is 0 Å². The van der Waals surface area contributed by atoms with E-state index < -0.39 is 51.1 Å². The number of carbonyl (C=O) groups excluding carboxylic acids is 2. The molecule has 11 nitrogen and oxygen atoms in total. The summed E-state index contributed by atoms with van der Waals surface area (Å²) in [5.74, 6) is -2.38. The van der Waals surface area contributed by atoms with Crippen LogP contribution in [-0.4, -0.2) is 59.9 Å². The molecule has 0 aliphatic carbocycles. The number of hydrogen-bond donors (Lipinski definition) is 3. The summed E-state index contributed by atoms with van der Waals surface area (Å²) in [6.45, 7) is 2.71. The second-order valence-electron chi connectivity index (χ2n) is 16.6. The first-order valence-corrected chi connectivity index (χ1v) is 26.2. The molecule has 0 rings (SSSR count). The molecule has 0 aromatic rings. The van der Waals surface area contributed by atoms with Gasteiger partial charge in [-0.2, -0.15) is 0 Å². The Morgan fingerprint density at radius 3 is 1.35 bits per heavy atom. The van der Waals surface area contributed by atoms with Crippen LogP contribution in [-0.2, 0) is 37.5 Å². The number of phosphoric acid groups is 1. The van der Waals surface area contributed by atoms with Crippen LogP contribution >= 0.6 is 7.82 Å². The molecule has 0 fully saturated rings. The van der Waals surface area contributed by atoms with Crippen LogP contribution < -0.4 is 5.73 Å². The van der Waals surface area contributed by atoms with Crippen molar-refractivity contribution in [2.75, 3.05) is 19.8 Å². The third-order valence-electron chi connectivity index (χ3n) is 10.6. The Morgan fingerprint density at radius 2 is 0.903 bits per heavy atom. The highest BCUT2D eigenvalue weighted by molar-refractivity contribution is 7.47. The van der Waals surface area contributed by atoms with Gasteiger partial charge in [-0.25, -0.2) is 4.57 Å². The van der Waals surface area contributed by atoms with E-state index in [0.717, 1.165) is 70.6 Å². The van der Waals surface area contributed by atoms with Gasteiger partial charge in [0.05, 0.1) is 13.2 Å². The van der Waals surface area contributed by atoms with Crippen molar-refractivity contribution in [3.8, 4) is 0 Å². The molecule has 0 aromatic carbocycles. The van der Waals surface area contributed by atoms with Crippen LogP contribution in [0.4, 0.5) is 0 Å². The van der Waals surface area contributed by atoms with E-state index in [0.29, 0.717) is 12.8 Å². The lowest BCUT2D eigenvalue weighted by Crippen LogP contribution is -2.34. The SMILES string of the molecule is CC/C=C\C/C=C\C/C=C\C/C=C\CCCCCCCCCCCCC(=O)OC(COC(=O)CCCCCCCCCCCCCCCCC)COP(=O)(O)OCC(N)C(=O)O. The number of carboxylic acid groups (broad SMARTS) is 1. The highest BCUT2D eigenvalue weighted by atomic mass is 31.2. The average Bonchev–Trinajstić information content (AvgIpc) is 3.25. The number of esters is 2. The Balaban J connectivity index is 4.25. The molecular weight excluding hydrogens is 806 g/mol. The first-order chi connectivity index (χ1) is 30.1. The predicted octanol–water partition coefficient (Wildman–Crippen LogP) is 13.7. The Morgan fingerprint density at radius 1 is 0.516 bits per heavy atom. The van der Waals surface area contributed by atoms with E-state index in [1.165, 1.54) is 109 Å². The summed E-state index contributed by atoms with van der Waals surface area (Å²) in [7, 11) is -4.72. The smallest absolute Gasteiger partial charge is 0.472 e. The first-order valence-electron chi connectivity index (χ1n) is 24.7. The minimum absolute atomic E-state index is 0.156. The fourth-order valence-corrected chi connectivity index (χ4v) is 7.54. The van der Waals surface area contributed by atoms with Crippen LogP contribution in [0.3, 0.4) is 0 Å². The lowest BCUT2D eigenvalue weighted by Gasteiger charge is -2.20. The molecule has 62 heavy (non-hydrogen) atoms. The Labute approximate surface area is 377 Å². The molecule has 12 heteroatoms. The zero-order valence-corrected chi connectivity index (χ0v) is 40.1. The number of aliphatic carboxylic acids is 1. The molecule has 0 aliphatic rings. The van der Waals surface area contributed by atoms with Crippen molar-refractivity contribution in [1.29, 1.82) is 0 Å². The number of rotatable bonds is 46. The highest BCUT2D eigenvalue weighted by Crippen LogP contribution is 2.43. The standard InChI is InChI=1S/C50H90NO10P/c1-3-5-7-9-11-13-15-17-19-20-21-22-23-24-25-26-28-30-32-34-36-38-40-42-49(53)61-46(44-59-62(56,57)60-45-47(51)50(54)55)43-58-48(52)41-39-37-35-33-31-29-27-18-16-14-12-10-8-6-4-2/h5,7,11,13,17,19,21-22,46-47H,3-4,6,8-10,12,14-16,18,20,23-45,51H2,1-2H3,(H,54,55)(H,56,57)/b7-5-,13-11-,19-17-,22-21-. The summed E-state index contributed by atoms with van der Waals surface area (Å²) >= 11 is 0. The molecular formula is C50H90NO10P. The first kappa shape index (κ1) is 59.4. The van der Waals surface area contributed by atoms with Crippen molar-refractivity contribution in [3.05, 3.63) is 48.6 Å². The number of carboxylic acids is 1. The summed E-state index contributed by atoms with van der Waals surface area (Å²) in [4.78, 5) is 46.1. The molecule has 0 bridgehead atoms. The molecule has 0 saturated carbocycles. The summed E-state index contributed by atoms with van der Waals surface area (Å²) in [5, 5.41) is 8.91. The van der Waals surface area contributed by atoms with Crippen LogP contribution in [0.15, 0.2) is 48.6 Å². The summed E-state index contributed by atoms with van der Waals surface area (Å²) in [6, 6.07) is -1.52. The van der Waals surface area contributed by atoms with E-state index in [1.54, 1.807) is 0 Å².